The lowest BCUT2D eigenvalue weighted by molar-refractivity contribution is 0.102. The Kier molecular flexibility index (Phi) is 3.65. The molecule has 22 heavy (non-hydrogen) atoms. The van der Waals surface area contributed by atoms with Gasteiger partial charge in [-0.3, -0.25) is 4.79 Å². The Bertz CT molecular complexity index is 811. The second-order valence-electron chi connectivity index (χ2n) is 4.97. The highest BCUT2D eigenvalue weighted by molar-refractivity contribution is 6.05. The molecule has 6 heteroatoms. The summed E-state index contributed by atoms with van der Waals surface area (Å²) in [6.07, 6.45) is 1.52. The molecule has 0 aliphatic rings. The van der Waals surface area contributed by atoms with E-state index >= 15 is 0 Å². The predicted octanol–water partition coefficient (Wildman–Crippen LogP) is 2.53. The van der Waals surface area contributed by atoms with Gasteiger partial charge in [0, 0.05) is 11.3 Å². The van der Waals surface area contributed by atoms with Crippen LogP contribution in [0, 0.1) is 13.8 Å². The van der Waals surface area contributed by atoms with Crippen molar-refractivity contribution in [3.63, 3.8) is 0 Å². The molecule has 0 aliphatic heterocycles. The number of nitrogens with one attached hydrogen (secondary N) is 1. The van der Waals surface area contributed by atoms with Crippen LogP contribution in [0.3, 0.4) is 0 Å². The van der Waals surface area contributed by atoms with Gasteiger partial charge in [-0.05, 0) is 53.6 Å². The minimum absolute atomic E-state index is 0.130. The fourth-order valence-electron chi connectivity index (χ4n) is 2.30. The monoisotopic (exact) mass is 293 g/mol. The first-order valence-corrected chi connectivity index (χ1v) is 6.87. The minimum atomic E-state index is -0.130. The predicted molar refractivity (Wildman–Crippen MR) is 83.0 cm³/mol. The van der Waals surface area contributed by atoms with Crippen molar-refractivity contribution in [2.45, 2.75) is 13.8 Å². The Morgan fingerprint density at radius 2 is 1.91 bits per heavy atom. The summed E-state index contributed by atoms with van der Waals surface area (Å²) in [6, 6.07) is 13.1. The molecule has 0 unspecified atom stereocenters. The highest BCUT2D eigenvalue weighted by Crippen LogP contribution is 2.22. The summed E-state index contributed by atoms with van der Waals surface area (Å²) in [5, 5.41) is 14.1. The Balaban J connectivity index is 1.92. The number of nitrogens with zero attached hydrogens (tertiary/aromatic N) is 4. The zero-order valence-electron chi connectivity index (χ0n) is 12.3. The van der Waals surface area contributed by atoms with E-state index in [-0.39, 0.29) is 5.91 Å². The topological polar surface area (TPSA) is 72.7 Å². The standard InChI is InChI=1S/C16H15N5O/c1-11-6-3-4-7-13(11)16(22)18-14-8-5-9-15(12(14)2)21-10-17-19-20-21/h3-10H,1-2H3,(H,18,22). The first-order chi connectivity index (χ1) is 10.7. The molecular weight excluding hydrogens is 278 g/mol. The van der Waals surface area contributed by atoms with Crippen molar-refractivity contribution >= 4 is 11.6 Å². The molecule has 0 saturated carbocycles. The maximum absolute atomic E-state index is 12.4. The summed E-state index contributed by atoms with van der Waals surface area (Å²) in [5.74, 6) is -0.130. The maximum atomic E-state index is 12.4. The lowest BCUT2D eigenvalue weighted by Gasteiger charge is -2.12. The number of aryl methyl sites for hydroxylation is 1. The van der Waals surface area contributed by atoms with Gasteiger partial charge in [0.2, 0.25) is 0 Å². The van der Waals surface area contributed by atoms with Crippen LogP contribution in [0.4, 0.5) is 5.69 Å². The van der Waals surface area contributed by atoms with Crippen molar-refractivity contribution in [3.05, 3.63) is 65.5 Å². The van der Waals surface area contributed by atoms with Gasteiger partial charge in [-0.15, -0.1) is 5.10 Å². The Hall–Kier alpha value is -3.02. The number of anilines is 1. The molecule has 0 radical (unpaired) electrons. The molecule has 1 amide bonds. The second kappa shape index (κ2) is 5.77. The molecule has 0 spiro atoms. The van der Waals surface area contributed by atoms with Crippen molar-refractivity contribution in [3.8, 4) is 5.69 Å². The summed E-state index contributed by atoms with van der Waals surface area (Å²) < 4.78 is 1.57. The van der Waals surface area contributed by atoms with Crippen LogP contribution in [-0.4, -0.2) is 26.1 Å². The van der Waals surface area contributed by atoms with Crippen LogP contribution >= 0.6 is 0 Å². The van der Waals surface area contributed by atoms with Gasteiger partial charge >= 0.3 is 0 Å². The maximum Gasteiger partial charge on any atom is 0.255 e. The fourth-order valence-corrected chi connectivity index (χ4v) is 2.30. The highest BCUT2D eigenvalue weighted by atomic mass is 16.1. The van der Waals surface area contributed by atoms with Crippen molar-refractivity contribution in [2.24, 2.45) is 0 Å². The number of benzene rings is 2. The number of carbonyl (C=O) groups excluding carboxylic acids is 1. The number of rotatable bonds is 3. The lowest BCUT2D eigenvalue weighted by Crippen LogP contribution is -2.14. The van der Waals surface area contributed by atoms with E-state index in [1.54, 1.807) is 4.68 Å². The van der Waals surface area contributed by atoms with Crippen LogP contribution < -0.4 is 5.32 Å². The van der Waals surface area contributed by atoms with Crippen LogP contribution in [0.1, 0.15) is 21.5 Å². The molecule has 0 fully saturated rings. The van der Waals surface area contributed by atoms with E-state index in [2.05, 4.69) is 20.8 Å². The number of amides is 1. The SMILES string of the molecule is Cc1ccccc1C(=O)Nc1cccc(-n2cnnn2)c1C. The van der Waals surface area contributed by atoms with Crippen molar-refractivity contribution in [2.75, 3.05) is 5.32 Å². The molecule has 3 rings (SSSR count). The quantitative estimate of drug-likeness (QED) is 0.805. The molecule has 110 valence electrons. The van der Waals surface area contributed by atoms with E-state index in [9.17, 15) is 4.79 Å². The molecule has 6 nitrogen and oxygen atoms in total. The van der Waals surface area contributed by atoms with E-state index < -0.39 is 0 Å². The summed E-state index contributed by atoms with van der Waals surface area (Å²) in [4.78, 5) is 12.4. The minimum Gasteiger partial charge on any atom is -0.322 e. The molecule has 3 aromatic rings. The van der Waals surface area contributed by atoms with Crippen LogP contribution in [0.25, 0.3) is 5.69 Å². The van der Waals surface area contributed by atoms with Gasteiger partial charge in [-0.1, -0.05) is 24.3 Å². The molecule has 1 heterocycles. The van der Waals surface area contributed by atoms with Crippen molar-refractivity contribution < 1.29 is 4.79 Å². The van der Waals surface area contributed by atoms with E-state index in [1.807, 2.05) is 56.3 Å². The Labute approximate surface area is 127 Å². The summed E-state index contributed by atoms with van der Waals surface area (Å²) in [5.41, 5.74) is 4.06. The van der Waals surface area contributed by atoms with Crippen LogP contribution in [-0.2, 0) is 0 Å². The first kappa shape index (κ1) is 13.9. The summed E-state index contributed by atoms with van der Waals surface area (Å²) in [7, 11) is 0. The third kappa shape index (κ3) is 2.58. The zero-order chi connectivity index (χ0) is 15.5. The third-order valence-electron chi connectivity index (χ3n) is 3.54. The molecule has 0 saturated heterocycles. The fraction of sp³-hybridized carbons (Fsp3) is 0.125. The molecule has 0 atom stereocenters. The molecule has 1 N–H and O–H groups in total. The Morgan fingerprint density at radius 3 is 2.64 bits per heavy atom. The van der Waals surface area contributed by atoms with Gasteiger partial charge in [0.15, 0.2) is 0 Å². The third-order valence-corrected chi connectivity index (χ3v) is 3.54. The van der Waals surface area contributed by atoms with Crippen molar-refractivity contribution in [1.29, 1.82) is 0 Å². The van der Waals surface area contributed by atoms with E-state index in [0.29, 0.717) is 5.56 Å². The lowest BCUT2D eigenvalue weighted by atomic mass is 10.1. The number of hydrogen-bond acceptors (Lipinski definition) is 4. The van der Waals surface area contributed by atoms with Crippen LogP contribution in [0.2, 0.25) is 0 Å². The van der Waals surface area contributed by atoms with Crippen LogP contribution in [0.5, 0.6) is 0 Å². The molecule has 0 aliphatic carbocycles. The highest BCUT2D eigenvalue weighted by Gasteiger charge is 2.12. The average Bonchev–Trinajstić information content (AvgIpc) is 3.04. The van der Waals surface area contributed by atoms with E-state index in [0.717, 1.165) is 22.5 Å². The molecule has 2 aromatic carbocycles. The van der Waals surface area contributed by atoms with Crippen LogP contribution in [0.15, 0.2) is 48.8 Å². The smallest absolute Gasteiger partial charge is 0.255 e. The summed E-state index contributed by atoms with van der Waals surface area (Å²) in [6.45, 7) is 3.84. The van der Waals surface area contributed by atoms with Gasteiger partial charge in [-0.25, -0.2) is 4.68 Å². The number of aromatic nitrogens is 4. The first-order valence-electron chi connectivity index (χ1n) is 6.87. The molecule has 0 bridgehead atoms. The van der Waals surface area contributed by atoms with Gasteiger partial charge in [-0.2, -0.15) is 0 Å². The number of hydrogen-bond donors (Lipinski definition) is 1. The van der Waals surface area contributed by atoms with E-state index in [1.165, 1.54) is 6.33 Å². The normalized spacial score (nSPS) is 10.5. The van der Waals surface area contributed by atoms with Gasteiger partial charge < -0.3 is 5.32 Å². The van der Waals surface area contributed by atoms with E-state index in [4.69, 9.17) is 0 Å². The Morgan fingerprint density at radius 1 is 1.09 bits per heavy atom. The van der Waals surface area contributed by atoms with Crippen molar-refractivity contribution in [1.82, 2.24) is 20.2 Å². The van der Waals surface area contributed by atoms with Gasteiger partial charge in [0.1, 0.15) is 6.33 Å². The average molecular weight is 293 g/mol. The number of tetrazole rings is 1. The molecule has 1 aromatic heterocycles. The van der Waals surface area contributed by atoms with Gasteiger partial charge in [0.05, 0.1) is 5.69 Å². The van der Waals surface area contributed by atoms with Gasteiger partial charge in [0.25, 0.3) is 5.91 Å². The largest absolute Gasteiger partial charge is 0.322 e. The molecular formula is C16H15N5O. The zero-order valence-corrected chi connectivity index (χ0v) is 12.3. The summed E-state index contributed by atoms with van der Waals surface area (Å²) >= 11 is 0. The number of carbonyl (C=O) groups is 1. The second-order valence-corrected chi connectivity index (χ2v) is 4.97.